The van der Waals surface area contributed by atoms with Crippen molar-refractivity contribution in [1.82, 2.24) is 0 Å². The van der Waals surface area contributed by atoms with E-state index in [-0.39, 0.29) is 17.9 Å². The second-order valence-corrected chi connectivity index (χ2v) is 7.34. The van der Waals surface area contributed by atoms with Crippen LogP contribution in [0.3, 0.4) is 0 Å². The van der Waals surface area contributed by atoms with Crippen molar-refractivity contribution in [2.75, 3.05) is 16.8 Å². The van der Waals surface area contributed by atoms with Gasteiger partial charge in [0.25, 0.3) is 5.91 Å². The first-order chi connectivity index (χ1) is 13.1. The van der Waals surface area contributed by atoms with Gasteiger partial charge < -0.3 is 15.0 Å². The van der Waals surface area contributed by atoms with E-state index in [1.807, 2.05) is 18.2 Å². The molecule has 0 bridgehead atoms. The van der Waals surface area contributed by atoms with Crippen LogP contribution in [0.5, 0.6) is 5.75 Å². The van der Waals surface area contributed by atoms with Crippen LogP contribution in [0.15, 0.2) is 42.5 Å². The number of ether oxygens (including phenoxy) is 1. The summed E-state index contributed by atoms with van der Waals surface area (Å²) in [5.74, 6) is 0.396. The lowest BCUT2D eigenvalue weighted by molar-refractivity contribution is -0.117. The average molecular weight is 385 g/mol. The van der Waals surface area contributed by atoms with Gasteiger partial charge in [-0.15, -0.1) is 0 Å². The molecule has 1 heterocycles. The molecule has 1 saturated carbocycles. The molecule has 140 valence electrons. The number of hydrogen-bond acceptors (Lipinski definition) is 3. The Kier molecular flexibility index (Phi) is 5.03. The monoisotopic (exact) mass is 384 g/mol. The molecule has 27 heavy (non-hydrogen) atoms. The zero-order valence-electron chi connectivity index (χ0n) is 14.9. The largest absolute Gasteiger partial charge is 0.490 e. The van der Waals surface area contributed by atoms with Crippen molar-refractivity contribution in [3.05, 3.63) is 53.1 Å². The Labute approximate surface area is 163 Å². The van der Waals surface area contributed by atoms with Crippen LogP contribution >= 0.6 is 11.6 Å². The Morgan fingerprint density at radius 3 is 2.67 bits per heavy atom. The molecule has 5 nitrogen and oxygen atoms in total. The molecule has 1 saturated heterocycles. The molecular formula is C21H21ClN2O3. The van der Waals surface area contributed by atoms with Crippen molar-refractivity contribution >= 4 is 34.8 Å². The highest BCUT2D eigenvalue weighted by molar-refractivity contribution is 6.34. The Morgan fingerprint density at radius 2 is 1.96 bits per heavy atom. The zero-order chi connectivity index (χ0) is 18.8. The zero-order valence-corrected chi connectivity index (χ0v) is 15.7. The van der Waals surface area contributed by atoms with Crippen LogP contribution < -0.4 is 15.0 Å². The molecule has 0 unspecified atom stereocenters. The molecule has 2 fully saturated rings. The lowest BCUT2D eigenvalue weighted by Crippen LogP contribution is -2.26. The van der Waals surface area contributed by atoms with E-state index in [4.69, 9.17) is 16.3 Å². The maximum Gasteiger partial charge on any atom is 0.259 e. The molecule has 2 aliphatic rings. The maximum absolute atomic E-state index is 12.8. The molecule has 2 aromatic rings. The summed E-state index contributed by atoms with van der Waals surface area (Å²) in [7, 11) is 0. The third-order valence-electron chi connectivity index (χ3n) is 5.06. The Balaban J connectivity index is 1.55. The highest BCUT2D eigenvalue weighted by atomic mass is 35.5. The van der Waals surface area contributed by atoms with Crippen LogP contribution in [-0.2, 0) is 4.79 Å². The second-order valence-electron chi connectivity index (χ2n) is 6.93. The molecule has 6 heteroatoms. The van der Waals surface area contributed by atoms with Crippen molar-refractivity contribution in [2.24, 2.45) is 0 Å². The predicted molar refractivity (Wildman–Crippen MR) is 106 cm³/mol. The van der Waals surface area contributed by atoms with E-state index in [9.17, 15) is 9.59 Å². The van der Waals surface area contributed by atoms with Gasteiger partial charge in [-0.05, 0) is 56.0 Å². The summed E-state index contributed by atoms with van der Waals surface area (Å²) in [6, 6.07) is 12.5. The van der Waals surface area contributed by atoms with E-state index in [1.54, 1.807) is 29.2 Å². The van der Waals surface area contributed by atoms with E-state index in [0.717, 1.165) is 31.4 Å². The number of para-hydroxylation sites is 1. The summed E-state index contributed by atoms with van der Waals surface area (Å²) in [5.41, 5.74) is 1.71. The summed E-state index contributed by atoms with van der Waals surface area (Å²) in [5, 5.41) is 3.29. The third kappa shape index (κ3) is 3.78. The highest BCUT2D eigenvalue weighted by Crippen LogP contribution is 2.32. The van der Waals surface area contributed by atoms with Gasteiger partial charge in [-0.1, -0.05) is 23.7 Å². The van der Waals surface area contributed by atoms with Crippen LogP contribution in [0.4, 0.5) is 11.4 Å². The van der Waals surface area contributed by atoms with Gasteiger partial charge in [-0.25, -0.2) is 0 Å². The van der Waals surface area contributed by atoms with E-state index in [0.29, 0.717) is 35.0 Å². The summed E-state index contributed by atoms with van der Waals surface area (Å²) in [4.78, 5) is 26.5. The number of carbonyl (C=O) groups excluding carboxylic acids is 2. The number of nitrogens with one attached hydrogen (secondary N) is 1. The summed E-state index contributed by atoms with van der Waals surface area (Å²) in [6.07, 6.45) is 4.79. The van der Waals surface area contributed by atoms with Crippen LogP contribution in [0.2, 0.25) is 5.02 Å². The van der Waals surface area contributed by atoms with Gasteiger partial charge in [0, 0.05) is 18.7 Å². The normalized spacial score (nSPS) is 16.9. The molecular weight excluding hydrogens is 364 g/mol. The first kappa shape index (κ1) is 17.9. The van der Waals surface area contributed by atoms with Gasteiger partial charge in [-0.2, -0.15) is 0 Å². The van der Waals surface area contributed by atoms with Crippen LogP contribution in [-0.4, -0.2) is 24.5 Å². The second kappa shape index (κ2) is 7.61. The summed E-state index contributed by atoms with van der Waals surface area (Å²) < 4.78 is 5.94. The van der Waals surface area contributed by atoms with Crippen molar-refractivity contribution in [3.8, 4) is 5.75 Å². The molecule has 0 atom stereocenters. The molecule has 4 rings (SSSR count). The number of nitrogens with zero attached hydrogens (tertiary/aromatic N) is 1. The van der Waals surface area contributed by atoms with Crippen LogP contribution in [0.25, 0.3) is 0 Å². The Hall–Kier alpha value is -2.53. The van der Waals surface area contributed by atoms with E-state index in [2.05, 4.69) is 5.32 Å². The fourth-order valence-corrected chi connectivity index (χ4v) is 3.48. The number of amides is 2. The minimum absolute atomic E-state index is 0.0915. The number of hydrogen-bond donors (Lipinski definition) is 1. The van der Waals surface area contributed by atoms with Gasteiger partial charge in [0.1, 0.15) is 5.75 Å². The molecule has 0 radical (unpaired) electrons. The van der Waals surface area contributed by atoms with Crippen molar-refractivity contribution in [3.63, 3.8) is 0 Å². The van der Waals surface area contributed by atoms with Gasteiger partial charge in [0.15, 0.2) is 0 Å². The van der Waals surface area contributed by atoms with Crippen LogP contribution in [0, 0.1) is 0 Å². The molecule has 0 spiro atoms. The number of carbonyl (C=O) groups is 2. The fraction of sp³-hybridized carbons (Fsp3) is 0.333. The molecule has 2 amide bonds. The Morgan fingerprint density at radius 1 is 1.15 bits per heavy atom. The fourth-order valence-electron chi connectivity index (χ4n) is 3.31. The first-order valence-electron chi connectivity index (χ1n) is 9.29. The number of anilines is 2. The first-order valence-corrected chi connectivity index (χ1v) is 9.66. The lowest BCUT2D eigenvalue weighted by Gasteiger charge is -2.27. The quantitative estimate of drug-likeness (QED) is 0.816. The standard InChI is InChI=1S/C21H21ClN2O3/c22-17-11-10-14(24-12-4-9-20(24)25)13-18(17)23-21(26)16-7-1-2-8-19(16)27-15-5-3-6-15/h1-2,7-8,10-11,13,15H,3-6,9,12H2,(H,23,26). The van der Waals surface area contributed by atoms with Crippen molar-refractivity contribution < 1.29 is 14.3 Å². The molecule has 1 aliphatic carbocycles. The average Bonchev–Trinajstić information content (AvgIpc) is 3.06. The molecule has 1 aliphatic heterocycles. The van der Waals surface area contributed by atoms with Crippen molar-refractivity contribution in [1.29, 1.82) is 0 Å². The van der Waals surface area contributed by atoms with E-state index >= 15 is 0 Å². The minimum Gasteiger partial charge on any atom is -0.490 e. The molecule has 0 aromatic heterocycles. The third-order valence-corrected chi connectivity index (χ3v) is 5.39. The van der Waals surface area contributed by atoms with E-state index < -0.39 is 0 Å². The minimum atomic E-state index is -0.281. The van der Waals surface area contributed by atoms with Gasteiger partial charge in [0.2, 0.25) is 5.91 Å². The topological polar surface area (TPSA) is 58.6 Å². The van der Waals surface area contributed by atoms with Gasteiger partial charge >= 0.3 is 0 Å². The van der Waals surface area contributed by atoms with Crippen LogP contribution in [0.1, 0.15) is 42.5 Å². The predicted octanol–water partition coefficient (Wildman–Crippen LogP) is 4.65. The lowest BCUT2D eigenvalue weighted by atomic mass is 9.96. The molecule has 1 N–H and O–H groups in total. The SMILES string of the molecule is O=C(Nc1cc(N2CCCC2=O)ccc1Cl)c1ccccc1OC1CCC1. The van der Waals surface area contributed by atoms with Gasteiger partial charge in [0.05, 0.1) is 22.4 Å². The number of halogens is 1. The summed E-state index contributed by atoms with van der Waals surface area (Å²) >= 11 is 6.28. The maximum atomic E-state index is 12.8. The highest BCUT2D eigenvalue weighted by Gasteiger charge is 2.24. The Bertz CT molecular complexity index is 879. The number of benzene rings is 2. The smallest absolute Gasteiger partial charge is 0.259 e. The number of rotatable bonds is 5. The van der Waals surface area contributed by atoms with Crippen molar-refractivity contribution in [2.45, 2.75) is 38.2 Å². The van der Waals surface area contributed by atoms with E-state index in [1.165, 1.54) is 0 Å². The molecule has 2 aromatic carbocycles. The summed E-state index contributed by atoms with van der Waals surface area (Å²) in [6.45, 7) is 0.686. The van der Waals surface area contributed by atoms with Gasteiger partial charge in [-0.3, -0.25) is 9.59 Å².